The SMILES string of the molecule is Cn1ncc2c(=O)n(CC(O)Cn3c4ccccc4c4ccccc43)cnc21. The van der Waals surface area contributed by atoms with Crippen LogP contribution >= 0.6 is 0 Å². The molecule has 3 aromatic heterocycles. The minimum absolute atomic E-state index is 0.164. The van der Waals surface area contributed by atoms with Crippen LogP contribution in [0.1, 0.15) is 0 Å². The molecule has 28 heavy (non-hydrogen) atoms. The lowest BCUT2D eigenvalue weighted by molar-refractivity contribution is 0.135. The molecule has 1 atom stereocenters. The number of hydrogen-bond acceptors (Lipinski definition) is 4. The molecule has 0 radical (unpaired) electrons. The molecule has 0 aliphatic rings. The van der Waals surface area contributed by atoms with E-state index in [1.165, 1.54) is 17.1 Å². The Hall–Kier alpha value is -3.45. The number of hydrogen-bond donors (Lipinski definition) is 1. The summed E-state index contributed by atoms with van der Waals surface area (Å²) < 4.78 is 5.12. The second-order valence-corrected chi connectivity index (χ2v) is 7.01. The molecule has 0 aliphatic carbocycles. The number of aliphatic hydroxyl groups is 1. The van der Waals surface area contributed by atoms with Gasteiger partial charge in [-0.15, -0.1) is 0 Å². The lowest BCUT2D eigenvalue weighted by Gasteiger charge is -2.15. The van der Waals surface area contributed by atoms with E-state index in [2.05, 4.69) is 38.9 Å². The lowest BCUT2D eigenvalue weighted by atomic mass is 10.2. The topological polar surface area (TPSA) is 77.9 Å². The van der Waals surface area contributed by atoms with Gasteiger partial charge in [0, 0.05) is 28.9 Å². The molecule has 0 aliphatic heterocycles. The minimum atomic E-state index is -0.743. The summed E-state index contributed by atoms with van der Waals surface area (Å²) in [5, 5.41) is 17.6. The van der Waals surface area contributed by atoms with E-state index in [1.54, 1.807) is 11.7 Å². The summed E-state index contributed by atoms with van der Waals surface area (Å²) in [7, 11) is 1.75. The number of benzene rings is 2. The van der Waals surface area contributed by atoms with Crippen LogP contribution < -0.4 is 5.56 Å². The third-order valence-corrected chi connectivity index (χ3v) is 5.20. The fourth-order valence-electron chi connectivity index (χ4n) is 3.89. The number of fused-ring (bicyclic) bond motifs is 4. The third kappa shape index (κ3) is 2.51. The fraction of sp³-hybridized carbons (Fsp3) is 0.190. The first-order chi connectivity index (χ1) is 13.6. The average molecular weight is 373 g/mol. The van der Waals surface area contributed by atoms with Gasteiger partial charge in [0.2, 0.25) is 0 Å². The van der Waals surface area contributed by atoms with Crippen LogP contribution in [-0.4, -0.2) is 35.1 Å². The Kier molecular flexibility index (Phi) is 3.77. The highest BCUT2D eigenvalue weighted by molar-refractivity contribution is 6.07. The van der Waals surface area contributed by atoms with Gasteiger partial charge in [0.15, 0.2) is 5.65 Å². The summed E-state index contributed by atoms with van der Waals surface area (Å²) in [5.74, 6) is 0. The maximum absolute atomic E-state index is 12.7. The zero-order valence-electron chi connectivity index (χ0n) is 15.4. The van der Waals surface area contributed by atoms with E-state index in [9.17, 15) is 9.90 Å². The Morgan fingerprint density at radius 1 is 0.964 bits per heavy atom. The number of nitrogens with zero attached hydrogens (tertiary/aromatic N) is 5. The summed E-state index contributed by atoms with van der Waals surface area (Å²) in [6.45, 7) is 0.545. The second kappa shape index (κ2) is 6.31. The van der Waals surface area contributed by atoms with Gasteiger partial charge in [-0.2, -0.15) is 5.10 Å². The van der Waals surface area contributed by atoms with Crippen molar-refractivity contribution in [2.75, 3.05) is 0 Å². The highest BCUT2D eigenvalue weighted by Crippen LogP contribution is 2.28. The highest BCUT2D eigenvalue weighted by Gasteiger charge is 2.15. The molecule has 2 aromatic carbocycles. The van der Waals surface area contributed by atoms with Crippen LogP contribution in [-0.2, 0) is 20.1 Å². The average Bonchev–Trinajstić information content (AvgIpc) is 3.24. The molecule has 5 rings (SSSR count). The van der Waals surface area contributed by atoms with Crippen molar-refractivity contribution in [1.82, 2.24) is 23.9 Å². The summed E-state index contributed by atoms with van der Waals surface area (Å²) in [6.07, 6.45) is 2.25. The molecule has 140 valence electrons. The van der Waals surface area contributed by atoms with Gasteiger partial charge in [-0.3, -0.25) is 14.0 Å². The van der Waals surface area contributed by atoms with Crippen molar-refractivity contribution in [3.05, 3.63) is 71.4 Å². The minimum Gasteiger partial charge on any atom is -0.389 e. The monoisotopic (exact) mass is 373 g/mol. The zero-order chi connectivity index (χ0) is 19.3. The Morgan fingerprint density at radius 2 is 1.61 bits per heavy atom. The maximum Gasteiger partial charge on any atom is 0.264 e. The van der Waals surface area contributed by atoms with Crippen molar-refractivity contribution in [3.8, 4) is 0 Å². The Bertz CT molecular complexity index is 1330. The van der Waals surface area contributed by atoms with Gasteiger partial charge in [0.25, 0.3) is 5.56 Å². The van der Waals surface area contributed by atoms with E-state index < -0.39 is 6.10 Å². The largest absolute Gasteiger partial charge is 0.389 e. The molecule has 0 saturated carbocycles. The zero-order valence-corrected chi connectivity index (χ0v) is 15.4. The first kappa shape index (κ1) is 16.7. The van der Waals surface area contributed by atoms with Crippen molar-refractivity contribution in [2.24, 2.45) is 7.05 Å². The molecule has 3 heterocycles. The van der Waals surface area contributed by atoms with E-state index in [4.69, 9.17) is 0 Å². The van der Waals surface area contributed by atoms with Gasteiger partial charge in [-0.05, 0) is 12.1 Å². The Morgan fingerprint density at radius 3 is 2.29 bits per heavy atom. The van der Waals surface area contributed by atoms with Gasteiger partial charge in [-0.1, -0.05) is 36.4 Å². The molecular weight excluding hydrogens is 354 g/mol. The number of aromatic nitrogens is 5. The molecule has 0 amide bonds. The highest BCUT2D eigenvalue weighted by atomic mass is 16.3. The van der Waals surface area contributed by atoms with Crippen LogP contribution in [0.25, 0.3) is 32.8 Å². The normalized spacial score (nSPS) is 12.9. The van der Waals surface area contributed by atoms with E-state index in [0.29, 0.717) is 17.6 Å². The molecule has 1 N–H and O–H groups in total. The summed E-state index contributed by atoms with van der Waals surface area (Å²) >= 11 is 0. The van der Waals surface area contributed by atoms with E-state index in [-0.39, 0.29) is 12.1 Å². The Balaban J connectivity index is 1.51. The second-order valence-electron chi connectivity index (χ2n) is 7.01. The van der Waals surface area contributed by atoms with Gasteiger partial charge < -0.3 is 9.67 Å². The summed E-state index contributed by atoms with van der Waals surface area (Å²) in [4.78, 5) is 17.0. The van der Waals surface area contributed by atoms with Crippen molar-refractivity contribution >= 4 is 32.8 Å². The summed E-state index contributed by atoms with van der Waals surface area (Å²) in [5.41, 5.74) is 2.48. The van der Waals surface area contributed by atoms with Crippen molar-refractivity contribution in [1.29, 1.82) is 0 Å². The smallest absolute Gasteiger partial charge is 0.264 e. The van der Waals surface area contributed by atoms with Gasteiger partial charge >= 0.3 is 0 Å². The Labute approximate surface area is 160 Å². The van der Waals surface area contributed by atoms with Crippen LogP contribution in [0.5, 0.6) is 0 Å². The molecule has 5 aromatic rings. The van der Waals surface area contributed by atoms with Gasteiger partial charge in [0.1, 0.15) is 11.7 Å². The van der Waals surface area contributed by atoms with E-state index in [1.807, 2.05) is 24.3 Å². The van der Waals surface area contributed by atoms with Crippen molar-refractivity contribution in [2.45, 2.75) is 19.2 Å². The summed E-state index contributed by atoms with van der Waals surface area (Å²) in [6, 6.07) is 16.3. The van der Waals surface area contributed by atoms with Crippen LogP contribution in [0.3, 0.4) is 0 Å². The number of aryl methyl sites for hydroxylation is 1. The predicted octanol–water partition coefficient (Wildman–Crippen LogP) is 2.30. The van der Waals surface area contributed by atoms with Gasteiger partial charge in [-0.25, -0.2) is 4.98 Å². The molecule has 1 unspecified atom stereocenters. The van der Waals surface area contributed by atoms with Crippen LogP contribution in [0.2, 0.25) is 0 Å². The molecule has 0 bridgehead atoms. The molecular formula is C21H19N5O2. The van der Waals surface area contributed by atoms with E-state index in [0.717, 1.165) is 21.8 Å². The van der Waals surface area contributed by atoms with E-state index >= 15 is 0 Å². The molecule has 0 saturated heterocycles. The first-order valence-electron chi connectivity index (χ1n) is 9.14. The van der Waals surface area contributed by atoms with Crippen molar-refractivity contribution < 1.29 is 5.11 Å². The quantitative estimate of drug-likeness (QED) is 0.524. The number of para-hydroxylation sites is 2. The predicted molar refractivity (Wildman–Crippen MR) is 108 cm³/mol. The molecule has 7 nitrogen and oxygen atoms in total. The fourth-order valence-corrected chi connectivity index (χ4v) is 3.89. The molecule has 7 heteroatoms. The molecule has 0 fully saturated rings. The number of aliphatic hydroxyl groups excluding tert-OH is 1. The first-order valence-corrected chi connectivity index (χ1v) is 9.14. The van der Waals surface area contributed by atoms with Crippen LogP contribution in [0, 0.1) is 0 Å². The lowest BCUT2D eigenvalue weighted by Crippen LogP contribution is -2.29. The van der Waals surface area contributed by atoms with Crippen LogP contribution in [0.15, 0.2) is 65.8 Å². The van der Waals surface area contributed by atoms with Gasteiger partial charge in [0.05, 0.1) is 25.4 Å². The van der Waals surface area contributed by atoms with Crippen molar-refractivity contribution in [3.63, 3.8) is 0 Å². The third-order valence-electron chi connectivity index (χ3n) is 5.20. The standard InChI is InChI=1S/C21H19N5O2/c1-24-20-17(10-23-24)21(28)25(13-22-20)11-14(27)12-26-18-8-4-2-6-15(18)16-7-3-5-9-19(16)26/h2-10,13-14,27H,11-12H2,1H3. The molecule has 0 spiro atoms. The number of rotatable bonds is 4. The maximum atomic E-state index is 12.7. The van der Waals surface area contributed by atoms with Crippen LogP contribution in [0.4, 0.5) is 0 Å².